The molecule has 1 aromatic heterocycles. The van der Waals surface area contributed by atoms with Gasteiger partial charge in [0.2, 0.25) is 0 Å². The van der Waals surface area contributed by atoms with Crippen molar-refractivity contribution in [2.75, 3.05) is 11.8 Å². The quantitative estimate of drug-likeness (QED) is 0.705. The van der Waals surface area contributed by atoms with Crippen molar-refractivity contribution in [3.63, 3.8) is 0 Å². The van der Waals surface area contributed by atoms with E-state index >= 15 is 0 Å². The summed E-state index contributed by atoms with van der Waals surface area (Å²) >= 11 is 0. The smallest absolute Gasteiger partial charge is 0.408 e. The van der Waals surface area contributed by atoms with Crippen LogP contribution in [0, 0.1) is 0 Å². The average Bonchev–Trinajstić information content (AvgIpc) is 2.57. The zero-order valence-electron chi connectivity index (χ0n) is 8.27. The van der Waals surface area contributed by atoms with Gasteiger partial charge in [0, 0.05) is 7.05 Å². The summed E-state index contributed by atoms with van der Waals surface area (Å²) < 4.78 is 31.5. The van der Waals surface area contributed by atoms with Crippen LogP contribution in [-0.4, -0.2) is 20.4 Å². The van der Waals surface area contributed by atoms with Crippen LogP contribution in [0.4, 0.5) is 5.69 Å². The lowest BCUT2D eigenvalue weighted by atomic mass is 10.3. The normalized spacial score (nSPS) is 11.8. The molecule has 1 heterocycles. The first-order valence-electron chi connectivity index (χ1n) is 4.34. The fraction of sp³-hybridized carbons (Fsp3) is 0.125. The van der Waals surface area contributed by atoms with E-state index in [9.17, 15) is 13.2 Å². The predicted molar refractivity (Wildman–Crippen MR) is 58.4 cm³/mol. The maximum absolute atomic E-state index is 11.2. The van der Waals surface area contributed by atoms with Crippen molar-refractivity contribution < 1.29 is 12.8 Å². The number of aromatic amines is 1. The number of aromatic nitrogens is 1. The summed E-state index contributed by atoms with van der Waals surface area (Å²) in [6, 6.07) is 4.46. The minimum absolute atomic E-state index is 0.332. The maximum atomic E-state index is 11.2. The molecule has 8 heteroatoms. The van der Waals surface area contributed by atoms with Crippen LogP contribution in [-0.2, 0) is 10.2 Å². The lowest BCUT2D eigenvalue weighted by molar-refractivity contribution is 0.555. The molecule has 0 aliphatic carbocycles. The minimum atomic E-state index is -3.56. The Morgan fingerprint density at radius 1 is 1.38 bits per heavy atom. The molecule has 0 unspecified atom stereocenters. The van der Waals surface area contributed by atoms with Gasteiger partial charge in [0.15, 0.2) is 5.58 Å². The molecule has 0 bridgehead atoms. The monoisotopic (exact) mass is 243 g/mol. The van der Waals surface area contributed by atoms with Gasteiger partial charge < -0.3 is 4.42 Å². The Bertz CT molecular complexity index is 670. The number of hydrogen-bond acceptors (Lipinski definition) is 4. The van der Waals surface area contributed by atoms with E-state index in [2.05, 4.69) is 14.4 Å². The van der Waals surface area contributed by atoms with Crippen LogP contribution >= 0.6 is 0 Å². The average molecular weight is 243 g/mol. The molecular weight excluding hydrogens is 234 g/mol. The third-order valence-corrected chi connectivity index (χ3v) is 2.98. The van der Waals surface area contributed by atoms with Crippen molar-refractivity contribution in [3.05, 3.63) is 28.7 Å². The van der Waals surface area contributed by atoms with Crippen molar-refractivity contribution in [1.82, 2.24) is 9.71 Å². The molecule has 2 aromatic rings. The fourth-order valence-corrected chi connectivity index (χ4v) is 1.76. The summed E-state index contributed by atoms with van der Waals surface area (Å²) in [4.78, 5) is 13.3. The zero-order chi connectivity index (χ0) is 11.8. The first-order chi connectivity index (χ1) is 7.50. The van der Waals surface area contributed by atoms with Gasteiger partial charge in [-0.3, -0.25) is 9.71 Å². The number of hydrogen-bond donors (Lipinski definition) is 3. The van der Waals surface area contributed by atoms with Gasteiger partial charge in [-0.15, -0.1) is 0 Å². The molecule has 0 atom stereocenters. The summed E-state index contributed by atoms with van der Waals surface area (Å²) in [5.41, 5.74) is 1.14. The maximum Gasteiger partial charge on any atom is 0.417 e. The molecule has 0 aliphatic heterocycles. The second-order valence-electron chi connectivity index (χ2n) is 3.04. The molecule has 0 amide bonds. The Morgan fingerprint density at radius 2 is 2.12 bits per heavy atom. The van der Waals surface area contributed by atoms with Crippen LogP contribution in [0.15, 0.2) is 27.4 Å². The van der Waals surface area contributed by atoms with Crippen LogP contribution < -0.4 is 15.2 Å². The highest BCUT2D eigenvalue weighted by atomic mass is 32.2. The summed E-state index contributed by atoms with van der Waals surface area (Å²) in [6.07, 6.45) is 0. The zero-order valence-corrected chi connectivity index (χ0v) is 9.09. The Balaban J connectivity index is 2.43. The molecule has 86 valence electrons. The number of H-pyrrole nitrogens is 1. The van der Waals surface area contributed by atoms with Crippen molar-refractivity contribution in [2.24, 2.45) is 0 Å². The van der Waals surface area contributed by atoms with E-state index in [-0.39, 0.29) is 0 Å². The number of fused-ring (bicyclic) bond motifs is 1. The van der Waals surface area contributed by atoms with Crippen LogP contribution in [0.2, 0.25) is 0 Å². The summed E-state index contributed by atoms with van der Waals surface area (Å²) in [5.74, 6) is -0.580. The third kappa shape index (κ3) is 2.07. The Kier molecular flexibility index (Phi) is 2.44. The van der Waals surface area contributed by atoms with Crippen LogP contribution in [0.5, 0.6) is 0 Å². The van der Waals surface area contributed by atoms with Crippen molar-refractivity contribution in [3.8, 4) is 0 Å². The minimum Gasteiger partial charge on any atom is -0.408 e. The van der Waals surface area contributed by atoms with Crippen molar-refractivity contribution >= 4 is 27.0 Å². The molecule has 0 spiro atoms. The van der Waals surface area contributed by atoms with Crippen LogP contribution in [0.1, 0.15) is 0 Å². The van der Waals surface area contributed by atoms with E-state index in [1.807, 2.05) is 0 Å². The number of anilines is 1. The van der Waals surface area contributed by atoms with Gasteiger partial charge in [0.25, 0.3) is 10.2 Å². The van der Waals surface area contributed by atoms with E-state index in [0.717, 1.165) is 0 Å². The molecule has 1 aromatic carbocycles. The van der Waals surface area contributed by atoms with Crippen molar-refractivity contribution in [2.45, 2.75) is 0 Å². The topological polar surface area (TPSA) is 104 Å². The van der Waals surface area contributed by atoms with E-state index in [1.165, 1.54) is 25.2 Å². The third-order valence-electron chi connectivity index (χ3n) is 1.94. The lowest BCUT2D eigenvalue weighted by Crippen LogP contribution is -2.26. The lowest BCUT2D eigenvalue weighted by Gasteiger charge is -2.05. The van der Waals surface area contributed by atoms with Gasteiger partial charge in [-0.2, -0.15) is 8.42 Å². The fourth-order valence-electron chi connectivity index (χ4n) is 1.22. The highest BCUT2D eigenvalue weighted by Gasteiger charge is 2.07. The summed E-state index contributed by atoms with van der Waals surface area (Å²) in [5, 5.41) is 0. The first-order valence-corrected chi connectivity index (χ1v) is 5.83. The predicted octanol–water partition coefficient (Wildman–Crippen LogP) is -0.00280. The highest BCUT2D eigenvalue weighted by molar-refractivity contribution is 7.90. The number of benzene rings is 1. The SMILES string of the molecule is CNS(=O)(=O)Nc1ccc2oc(=O)[nH]c2c1. The Labute approximate surface area is 90.6 Å². The molecule has 0 radical (unpaired) electrons. The number of oxazole rings is 1. The Hall–Kier alpha value is -1.80. The van der Waals surface area contributed by atoms with Gasteiger partial charge in [0.05, 0.1) is 11.2 Å². The molecule has 3 N–H and O–H groups in total. The molecule has 0 saturated carbocycles. The van der Waals surface area contributed by atoms with E-state index in [0.29, 0.717) is 16.8 Å². The van der Waals surface area contributed by atoms with Crippen molar-refractivity contribution in [1.29, 1.82) is 0 Å². The van der Waals surface area contributed by atoms with Gasteiger partial charge in [0.1, 0.15) is 0 Å². The standard InChI is InChI=1S/C8H9N3O4S/c1-9-16(13,14)11-5-2-3-7-6(4-5)10-8(12)15-7/h2-4,9,11H,1H3,(H,10,12). The largest absolute Gasteiger partial charge is 0.417 e. The molecular formula is C8H9N3O4S. The molecule has 7 nitrogen and oxygen atoms in total. The Morgan fingerprint density at radius 3 is 2.81 bits per heavy atom. The highest BCUT2D eigenvalue weighted by Crippen LogP contribution is 2.16. The summed E-state index contributed by atoms with van der Waals surface area (Å²) in [6.45, 7) is 0. The molecule has 0 aliphatic rings. The van der Waals surface area contributed by atoms with Gasteiger partial charge in [-0.05, 0) is 18.2 Å². The second-order valence-corrected chi connectivity index (χ2v) is 4.65. The first kappa shape index (κ1) is 10.7. The van der Waals surface area contributed by atoms with Gasteiger partial charge >= 0.3 is 5.76 Å². The van der Waals surface area contributed by atoms with Crippen LogP contribution in [0.25, 0.3) is 11.1 Å². The number of rotatable bonds is 3. The van der Waals surface area contributed by atoms with Gasteiger partial charge in [-0.25, -0.2) is 9.52 Å². The van der Waals surface area contributed by atoms with E-state index < -0.39 is 16.0 Å². The van der Waals surface area contributed by atoms with E-state index in [4.69, 9.17) is 4.42 Å². The molecule has 0 fully saturated rings. The molecule has 16 heavy (non-hydrogen) atoms. The van der Waals surface area contributed by atoms with E-state index in [1.54, 1.807) is 0 Å². The molecule has 0 saturated heterocycles. The summed E-state index contributed by atoms with van der Waals surface area (Å²) in [7, 11) is -2.26. The van der Waals surface area contributed by atoms with Crippen LogP contribution in [0.3, 0.4) is 0 Å². The molecule has 2 rings (SSSR count). The van der Waals surface area contributed by atoms with Gasteiger partial charge in [-0.1, -0.05) is 0 Å². The second kappa shape index (κ2) is 3.65. The number of nitrogens with one attached hydrogen (secondary N) is 3.